The van der Waals surface area contributed by atoms with Gasteiger partial charge in [-0.3, -0.25) is 4.79 Å². The topological polar surface area (TPSA) is 77.2 Å². The molecule has 0 aliphatic carbocycles. The zero-order valence-electron chi connectivity index (χ0n) is 13.2. The minimum atomic E-state index is -0.434. The highest BCUT2D eigenvalue weighted by molar-refractivity contribution is 5.85. The first-order chi connectivity index (χ1) is 9.31. The van der Waals surface area contributed by atoms with Gasteiger partial charge in [-0.05, 0) is 32.8 Å². The van der Waals surface area contributed by atoms with E-state index in [2.05, 4.69) is 10.3 Å². The number of carbonyl (C=O) groups excluding carboxylic acids is 1. The van der Waals surface area contributed by atoms with Crippen molar-refractivity contribution in [2.75, 3.05) is 0 Å². The largest absolute Gasteiger partial charge is 0.472 e. The maximum atomic E-state index is 11.7. The first kappa shape index (κ1) is 19.7. The molecule has 1 amide bonds. The molecule has 120 valence electrons. The molecule has 1 heterocycles. The fraction of sp³-hybridized carbons (Fsp3) is 0.600. The van der Waals surface area contributed by atoms with Gasteiger partial charge in [0, 0.05) is 18.8 Å². The van der Waals surface area contributed by atoms with E-state index in [4.69, 9.17) is 10.5 Å². The Hall–Kier alpha value is -1.33. The molecule has 21 heavy (non-hydrogen) atoms. The zero-order chi connectivity index (χ0) is 15.2. The maximum absolute atomic E-state index is 11.7. The summed E-state index contributed by atoms with van der Waals surface area (Å²) < 4.78 is 5.63. The zero-order valence-corrected chi connectivity index (χ0v) is 14.0. The van der Waals surface area contributed by atoms with Gasteiger partial charge >= 0.3 is 0 Å². The van der Waals surface area contributed by atoms with E-state index in [1.807, 2.05) is 33.8 Å². The number of carbonyl (C=O) groups is 1. The molecule has 1 rings (SSSR count). The van der Waals surface area contributed by atoms with E-state index in [1.165, 1.54) is 0 Å². The Balaban J connectivity index is 0.00000400. The summed E-state index contributed by atoms with van der Waals surface area (Å²) in [4.78, 5) is 15.9. The van der Waals surface area contributed by atoms with E-state index >= 15 is 0 Å². The lowest BCUT2D eigenvalue weighted by molar-refractivity contribution is -0.122. The lowest BCUT2D eigenvalue weighted by Crippen LogP contribution is -2.40. The molecule has 1 atom stereocenters. The summed E-state index contributed by atoms with van der Waals surface area (Å²) in [6, 6.07) is 3.26. The van der Waals surface area contributed by atoms with Crippen molar-refractivity contribution in [3.8, 4) is 5.88 Å². The minimum Gasteiger partial charge on any atom is -0.472 e. The molecule has 3 N–H and O–H groups in total. The van der Waals surface area contributed by atoms with Crippen LogP contribution < -0.4 is 15.8 Å². The lowest BCUT2D eigenvalue weighted by atomic mass is 10.1. The number of nitrogens with zero attached hydrogens (tertiary/aromatic N) is 1. The van der Waals surface area contributed by atoms with Crippen molar-refractivity contribution in [1.82, 2.24) is 10.3 Å². The highest BCUT2D eigenvalue weighted by Gasteiger charge is 2.13. The Kier molecular flexibility index (Phi) is 8.29. The van der Waals surface area contributed by atoms with E-state index in [-0.39, 0.29) is 23.9 Å². The third-order valence-electron chi connectivity index (χ3n) is 2.61. The number of hydrogen-bond acceptors (Lipinski definition) is 4. The summed E-state index contributed by atoms with van der Waals surface area (Å²) in [5.41, 5.74) is 6.39. The standard InChI is InChI=1S/C15H25N3O2.ClH/c1-5-6-12(16)14(19)18-10-11-7-8-13(17-9-11)20-15(2,3)4;/h7-9,12H,5-6,10,16H2,1-4H3,(H,18,19);1H. The van der Waals surface area contributed by atoms with Crippen LogP contribution in [-0.4, -0.2) is 22.5 Å². The molecule has 0 bridgehead atoms. The van der Waals surface area contributed by atoms with Crippen LogP contribution in [0.4, 0.5) is 0 Å². The summed E-state index contributed by atoms with van der Waals surface area (Å²) >= 11 is 0. The van der Waals surface area contributed by atoms with Gasteiger partial charge in [0.2, 0.25) is 11.8 Å². The quantitative estimate of drug-likeness (QED) is 0.845. The first-order valence-electron chi connectivity index (χ1n) is 6.99. The van der Waals surface area contributed by atoms with Gasteiger partial charge in [-0.15, -0.1) is 12.4 Å². The van der Waals surface area contributed by atoms with Crippen molar-refractivity contribution in [3.63, 3.8) is 0 Å². The smallest absolute Gasteiger partial charge is 0.237 e. The molecule has 1 aromatic heterocycles. The van der Waals surface area contributed by atoms with Gasteiger partial charge in [0.25, 0.3) is 0 Å². The van der Waals surface area contributed by atoms with Crippen LogP contribution in [0.1, 0.15) is 46.1 Å². The number of ether oxygens (including phenoxy) is 1. The van der Waals surface area contributed by atoms with Gasteiger partial charge in [0.05, 0.1) is 6.04 Å². The van der Waals surface area contributed by atoms with Crippen LogP contribution in [0.15, 0.2) is 18.3 Å². The van der Waals surface area contributed by atoms with Gasteiger partial charge in [-0.2, -0.15) is 0 Å². The number of rotatable bonds is 6. The van der Waals surface area contributed by atoms with Crippen LogP contribution in [0.2, 0.25) is 0 Å². The van der Waals surface area contributed by atoms with E-state index in [9.17, 15) is 4.79 Å². The van der Waals surface area contributed by atoms with Crippen LogP contribution in [0.3, 0.4) is 0 Å². The van der Waals surface area contributed by atoms with E-state index < -0.39 is 6.04 Å². The fourth-order valence-corrected chi connectivity index (χ4v) is 1.65. The molecular formula is C15H26ClN3O2. The fourth-order valence-electron chi connectivity index (χ4n) is 1.65. The van der Waals surface area contributed by atoms with Crippen molar-refractivity contribution in [2.45, 2.75) is 58.7 Å². The molecule has 0 spiro atoms. The Morgan fingerprint density at radius 2 is 2.10 bits per heavy atom. The van der Waals surface area contributed by atoms with E-state index in [1.54, 1.807) is 12.3 Å². The van der Waals surface area contributed by atoms with E-state index in [0.29, 0.717) is 18.8 Å². The Morgan fingerprint density at radius 1 is 1.43 bits per heavy atom. The Labute approximate surface area is 133 Å². The third-order valence-corrected chi connectivity index (χ3v) is 2.61. The van der Waals surface area contributed by atoms with Crippen LogP contribution in [0.25, 0.3) is 0 Å². The highest BCUT2D eigenvalue weighted by Crippen LogP contribution is 2.15. The molecule has 1 aromatic rings. The van der Waals surface area contributed by atoms with Crippen molar-refractivity contribution in [3.05, 3.63) is 23.9 Å². The maximum Gasteiger partial charge on any atom is 0.237 e. The summed E-state index contributed by atoms with van der Waals surface area (Å²) in [6.07, 6.45) is 3.30. The highest BCUT2D eigenvalue weighted by atomic mass is 35.5. The first-order valence-corrected chi connectivity index (χ1v) is 6.99. The predicted octanol–water partition coefficient (Wildman–Crippen LogP) is 2.42. The van der Waals surface area contributed by atoms with Crippen molar-refractivity contribution >= 4 is 18.3 Å². The SMILES string of the molecule is CCCC(N)C(=O)NCc1ccc(OC(C)(C)C)nc1.Cl. The number of nitrogens with two attached hydrogens (primary N) is 1. The molecule has 0 aromatic carbocycles. The van der Waals surface area contributed by atoms with Gasteiger partial charge in [-0.25, -0.2) is 4.98 Å². The second kappa shape index (κ2) is 8.85. The second-order valence-corrected chi connectivity index (χ2v) is 5.83. The molecular weight excluding hydrogens is 290 g/mol. The summed E-state index contributed by atoms with van der Waals surface area (Å²) in [7, 11) is 0. The predicted molar refractivity (Wildman–Crippen MR) is 86.6 cm³/mol. The molecule has 0 fully saturated rings. The van der Waals surface area contributed by atoms with Crippen LogP contribution in [-0.2, 0) is 11.3 Å². The number of nitrogens with one attached hydrogen (secondary N) is 1. The van der Waals surface area contributed by atoms with Gasteiger partial charge in [-0.1, -0.05) is 19.4 Å². The molecule has 0 aliphatic heterocycles. The van der Waals surface area contributed by atoms with Crippen molar-refractivity contribution in [1.29, 1.82) is 0 Å². The molecule has 5 nitrogen and oxygen atoms in total. The monoisotopic (exact) mass is 315 g/mol. The summed E-state index contributed by atoms with van der Waals surface area (Å²) in [5, 5.41) is 2.81. The van der Waals surface area contributed by atoms with Crippen LogP contribution >= 0.6 is 12.4 Å². The number of amides is 1. The normalized spacial score (nSPS) is 12.2. The van der Waals surface area contributed by atoms with Gasteiger partial charge in [0.15, 0.2) is 0 Å². The Bertz CT molecular complexity index is 430. The van der Waals surface area contributed by atoms with Crippen molar-refractivity contribution < 1.29 is 9.53 Å². The van der Waals surface area contributed by atoms with Crippen molar-refractivity contribution in [2.24, 2.45) is 5.73 Å². The van der Waals surface area contributed by atoms with Crippen LogP contribution in [0, 0.1) is 0 Å². The molecule has 0 saturated heterocycles. The average Bonchev–Trinajstić information content (AvgIpc) is 2.36. The summed E-state index contributed by atoms with van der Waals surface area (Å²) in [5.74, 6) is 0.456. The second-order valence-electron chi connectivity index (χ2n) is 5.83. The molecule has 0 radical (unpaired) electrons. The van der Waals surface area contributed by atoms with Gasteiger partial charge in [0.1, 0.15) is 5.60 Å². The average molecular weight is 316 g/mol. The third kappa shape index (κ3) is 7.87. The van der Waals surface area contributed by atoms with Gasteiger partial charge < -0.3 is 15.8 Å². The number of pyridine rings is 1. The minimum absolute atomic E-state index is 0. The molecule has 0 aliphatic rings. The summed E-state index contributed by atoms with van der Waals surface area (Å²) in [6.45, 7) is 8.35. The van der Waals surface area contributed by atoms with Crippen LogP contribution in [0.5, 0.6) is 5.88 Å². The number of aromatic nitrogens is 1. The lowest BCUT2D eigenvalue weighted by Gasteiger charge is -2.20. The molecule has 6 heteroatoms. The molecule has 1 unspecified atom stereocenters. The van der Waals surface area contributed by atoms with E-state index in [0.717, 1.165) is 12.0 Å². The molecule has 0 saturated carbocycles. The number of hydrogen-bond donors (Lipinski definition) is 2. The number of halogens is 1. The Morgan fingerprint density at radius 3 is 2.57 bits per heavy atom.